The molecule has 0 aromatic heterocycles. The van der Waals surface area contributed by atoms with Crippen molar-refractivity contribution in [2.24, 2.45) is 0 Å². The lowest BCUT2D eigenvalue weighted by Crippen LogP contribution is -1.86. The fourth-order valence-electron chi connectivity index (χ4n) is 1.29. The van der Waals surface area contributed by atoms with E-state index in [0.29, 0.717) is 19.0 Å². The maximum Gasteiger partial charge on any atom is 0.116 e. The Morgan fingerprint density at radius 2 is 2.25 bits per heavy atom. The maximum atomic E-state index is 9.21. The van der Waals surface area contributed by atoms with Crippen LogP contribution in [-0.2, 0) is 4.74 Å². The monoisotopic (exact) mass is 162 g/mol. The zero-order valence-corrected chi connectivity index (χ0v) is 6.66. The lowest BCUT2D eigenvalue weighted by Gasteiger charge is -2.00. The van der Waals surface area contributed by atoms with E-state index in [0.717, 1.165) is 11.1 Å². The predicted octanol–water partition coefficient (Wildman–Crippen LogP) is 1.81. The van der Waals surface area contributed by atoms with Gasteiger partial charge in [-0.2, -0.15) is 0 Å². The Hall–Kier alpha value is -1.28. The summed E-state index contributed by atoms with van der Waals surface area (Å²) in [6.45, 7) is 1.34. The Labute approximate surface area is 71.1 Å². The standard InChI is InChI=1S/C10H10O2/c11-10-3-1-2-8(6-10)9-4-5-12-7-9/h1-4,6,11H,5,7H2. The van der Waals surface area contributed by atoms with Crippen LogP contribution in [0.5, 0.6) is 5.75 Å². The number of hydrogen-bond acceptors (Lipinski definition) is 2. The molecular formula is C10H10O2. The van der Waals surface area contributed by atoms with Gasteiger partial charge in [0.25, 0.3) is 0 Å². The molecule has 1 aromatic rings. The zero-order chi connectivity index (χ0) is 8.39. The van der Waals surface area contributed by atoms with Crippen LogP contribution < -0.4 is 0 Å². The second-order valence-electron chi connectivity index (χ2n) is 2.79. The van der Waals surface area contributed by atoms with Gasteiger partial charge in [-0.25, -0.2) is 0 Å². The molecule has 0 radical (unpaired) electrons. The molecule has 1 heterocycles. The van der Waals surface area contributed by atoms with Crippen molar-refractivity contribution >= 4 is 5.57 Å². The molecule has 1 aliphatic heterocycles. The molecule has 2 nitrogen and oxygen atoms in total. The third-order valence-electron chi connectivity index (χ3n) is 1.92. The topological polar surface area (TPSA) is 29.5 Å². The Balaban J connectivity index is 2.33. The highest BCUT2D eigenvalue weighted by Crippen LogP contribution is 2.21. The number of ether oxygens (including phenoxy) is 1. The van der Waals surface area contributed by atoms with Crippen molar-refractivity contribution in [2.45, 2.75) is 0 Å². The van der Waals surface area contributed by atoms with Crippen LogP contribution in [0.25, 0.3) is 5.57 Å². The van der Waals surface area contributed by atoms with Crippen LogP contribution in [0.1, 0.15) is 5.56 Å². The second-order valence-corrected chi connectivity index (χ2v) is 2.79. The van der Waals surface area contributed by atoms with Gasteiger partial charge in [0, 0.05) is 0 Å². The van der Waals surface area contributed by atoms with Crippen LogP contribution in [0.4, 0.5) is 0 Å². The molecule has 0 amide bonds. The highest BCUT2D eigenvalue weighted by molar-refractivity contribution is 5.68. The smallest absolute Gasteiger partial charge is 0.116 e. The number of rotatable bonds is 1. The van der Waals surface area contributed by atoms with Crippen molar-refractivity contribution in [1.82, 2.24) is 0 Å². The van der Waals surface area contributed by atoms with Gasteiger partial charge in [0.2, 0.25) is 0 Å². The molecule has 62 valence electrons. The van der Waals surface area contributed by atoms with Gasteiger partial charge in [-0.1, -0.05) is 18.2 Å². The van der Waals surface area contributed by atoms with Crippen molar-refractivity contribution in [3.8, 4) is 5.75 Å². The van der Waals surface area contributed by atoms with Crippen LogP contribution in [0, 0.1) is 0 Å². The number of hydrogen-bond donors (Lipinski definition) is 1. The quantitative estimate of drug-likeness (QED) is 0.682. The van der Waals surface area contributed by atoms with E-state index >= 15 is 0 Å². The molecular weight excluding hydrogens is 152 g/mol. The molecule has 1 aromatic carbocycles. The predicted molar refractivity (Wildman–Crippen MR) is 46.9 cm³/mol. The maximum absolute atomic E-state index is 9.21. The average Bonchev–Trinajstić information content (AvgIpc) is 2.56. The fraction of sp³-hybridized carbons (Fsp3) is 0.200. The normalized spacial score (nSPS) is 16.2. The molecule has 0 saturated heterocycles. The SMILES string of the molecule is Oc1cccc(C2=CCOC2)c1. The van der Waals surface area contributed by atoms with E-state index in [1.54, 1.807) is 12.1 Å². The van der Waals surface area contributed by atoms with Crippen LogP contribution in [0.2, 0.25) is 0 Å². The van der Waals surface area contributed by atoms with E-state index in [2.05, 4.69) is 0 Å². The molecule has 0 saturated carbocycles. The van der Waals surface area contributed by atoms with Crippen LogP contribution in [0.3, 0.4) is 0 Å². The first-order valence-electron chi connectivity index (χ1n) is 3.92. The minimum Gasteiger partial charge on any atom is -0.508 e. The van der Waals surface area contributed by atoms with Gasteiger partial charge in [-0.3, -0.25) is 0 Å². The first-order valence-corrected chi connectivity index (χ1v) is 3.92. The van der Waals surface area contributed by atoms with E-state index in [4.69, 9.17) is 4.74 Å². The van der Waals surface area contributed by atoms with Crippen molar-refractivity contribution in [2.75, 3.05) is 13.2 Å². The van der Waals surface area contributed by atoms with Crippen LogP contribution in [0.15, 0.2) is 30.3 Å². The van der Waals surface area contributed by atoms with Crippen molar-refractivity contribution in [1.29, 1.82) is 0 Å². The minimum atomic E-state index is 0.306. The van der Waals surface area contributed by atoms with E-state index in [1.807, 2.05) is 18.2 Å². The molecule has 0 bridgehead atoms. The highest BCUT2D eigenvalue weighted by Gasteiger charge is 2.06. The molecule has 0 unspecified atom stereocenters. The first kappa shape index (κ1) is 7.37. The van der Waals surface area contributed by atoms with Gasteiger partial charge < -0.3 is 9.84 Å². The fourth-order valence-corrected chi connectivity index (χ4v) is 1.29. The Kier molecular flexibility index (Phi) is 1.84. The van der Waals surface area contributed by atoms with Crippen molar-refractivity contribution < 1.29 is 9.84 Å². The number of benzene rings is 1. The van der Waals surface area contributed by atoms with Gasteiger partial charge in [-0.05, 0) is 23.3 Å². The van der Waals surface area contributed by atoms with Crippen molar-refractivity contribution in [3.63, 3.8) is 0 Å². The molecule has 0 spiro atoms. The molecule has 12 heavy (non-hydrogen) atoms. The van der Waals surface area contributed by atoms with E-state index in [9.17, 15) is 5.11 Å². The number of phenols is 1. The Bertz CT molecular complexity index is 315. The summed E-state index contributed by atoms with van der Waals surface area (Å²) in [6.07, 6.45) is 2.04. The summed E-state index contributed by atoms with van der Waals surface area (Å²) in [5.41, 5.74) is 2.21. The molecule has 0 atom stereocenters. The van der Waals surface area contributed by atoms with Gasteiger partial charge in [0.05, 0.1) is 13.2 Å². The molecule has 0 fully saturated rings. The van der Waals surface area contributed by atoms with Gasteiger partial charge in [0.15, 0.2) is 0 Å². The van der Waals surface area contributed by atoms with E-state index < -0.39 is 0 Å². The summed E-state index contributed by atoms with van der Waals surface area (Å²) in [4.78, 5) is 0. The Morgan fingerprint density at radius 3 is 2.92 bits per heavy atom. The highest BCUT2D eigenvalue weighted by atomic mass is 16.5. The van der Waals surface area contributed by atoms with Gasteiger partial charge >= 0.3 is 0 Å². The summed E-state index contributed by atoms with van der Waals surface area (Å²) in [7, 11) is 0. The van der Waals surface area contributed by atoms with Crippen LogP contribution in [-0.4, -0.2) is 18.3 Å². The summed E-state index contributed by atoms with van der Waals surface area (Å²) in [6, 6.07) is 7.23. The second kappa shape index (κ2) is 2.99. The molecule has 1 aliphatic rings. The molecule has 2 heteroatoms. The average molecular weight is 162 g/mol. The van der Waals surface area contributed by atoms with Gasteiger partial charge in [0.1, 0.15) is 5.75 Å². The summed E-state index contributed by atoms with van der Waals surface area (Å²) in [5.74, 6) is 0.306. The molecule has 0 aliphatic carbocycles. The van der Waals surface area contributed by atoms with Crippen molar-refractivity contribution in [3.05, 3.63) is 35.9 Å². The molecule has 2 rings (SSSR count). The van der Waals surface area contributed by atoms with E-state index in [1.165, 1.54) is 0 Å². The zero-order valence-electron chi connectivity index (χ0n) is 6.66. The minimum absolute atomic E-state index is 0.306. The van der Waals surface area contributed by atoms with Gasteiger partial charge in [-0.15, -0.1) is 0 Å². The summed E-state index contributed by atoms with van der Waals surface area (Å²) >= 11 is 0. The third kappa shape index (κ3) is 1.34. The van der Waals surface area contributed by atoms with Crippen LogP contribution >= 0.6 is 0 Å². The summed E-state index contributed by atoms with van der Waals surface area (Å²) < 4.78 is 5.18. The largest absolute Gasteiger partial charge is 0.508 e. The van der Waals surface area contributed by atoms with E-state index in [-0.39, 0.29) is 0 Å². The third-order valence-corrected chi connectivity index (χ3v) is 1.92. The lowest BCUT2D eigenvalue weighted by atomic mass is 10.1. The molecule has 1 N–H and O–H groups in total. The number of aromatic hydroxyl groups is 1. The summed E-state index contributed by atoms with van der Waals surface area (Å²) in [5, 5.41) is 9.21. The lowest BCUT2D eigenvalue weighted by molar-refractivity contribution is 0.216. The first-order chi connectivity index (χ1) is 5.86. The Morgan fingerprint density at radius 1 is 1.33 bits per heavy atom. The number of phenolic OH excluding ortho intramolecular Hbond substituents is 1.